The van der Waals surface area contributed by atoms with Crippen LogP contribution in [0, 0.1) is 17.3 Å². The molecule has 0 aromatic carbocycles. The maximum Gasteiger partial charge on any atom is 0.306 e. The van der Waals surface area contributed by atoms with Crippen LogP contribution < -0.4 is 5.32 Å². The third-order valence-electron chi connectivity index (χ3n) is 3.97. The average Bonchev–Trinajstić information content (AvgIpc) is 2.07. The van der Waals surface area contributed by atoms with Crippen LogP contribution in [-0.2, 0) is 9.53 Å². The topological polar surface area (TPSA) is 38.3 Å². The van der Waals surface area contributed by atoms with Gasteiger partial charge in [0.15, 0.2) is 0 Å². The molecule has 2 atom stereocenters. The molecule has 0 aromatic rings. The molecular weight excluding hydrogens is 214 g/mol. The molecule has 98 valence electrons. The Morgan fingerprint density at radius 3 is 2.59 bits per heavy atom. The largest absolute Gasteiger partial charge is 0.462 e. The van der Waals surface area contributed by atoms with E-state index in [9.17, 15) is 4.79 Å². The number of esters is 1. The van der Waals surface area contributed by atoms with Gasteiger partial charge < -0.3 is 10.1 Å². The molecule has 1 N–H and O–H groups in total. The van der Waals surface area contributed by atoms with Gasteiger partial charge in [0.2, 0.25) is 0 Å². The number of carbonyl (C=O) groups is 1. The molecule has 1 saturated carbocycles. The molecule has 0 radical (unpaired) electrons. The Labute approximate surface area is 104 Å². The van der Waals surface area contributed by atoms with E-state index in [-0.39, 0.29) is 12.1 Å². The van der Waals surface area contributed by atoms with E-state index in [1.54, 1.807) is 0 Å². The Kier molecular flexibility index (Phi) is 3.76. The van der Waals surface area contributed by atoms with Crippen molar-refractivity contribution >= 4 is 5.97 Å². The van der Waals surface area contributed by atoms with Gasteiger partial charge in [-0.1, -0.05) is 20.8 Å². The minimum Gasteiger partial charge on any atom is -0.462 e. The summed E-state index contributed by atoms with van der Waals surface area (Å²) in [5.74, 6) is 1.19. The lowest BCUT2D eigenvalue weighted by molar-refractivity contribution is -0.155. The predicted molar refractivity (Wildman–Crippen MR) is 67.7 cm³/mol. The molecule has 2 unspecified atom stereocenters. The van der Waals surface area contributed by atoms with Crippen molar-refractivity contribution in [3.05, 3.63) is 0 Å². The SMILES string of the molecule is CC1CC(OC(=O)CC2CNC2)CC(C)(C)C1. The highest BCUT2D eigenvalue weighted by Gasteiger charge is 2.34. The Morgan fingerprint density at radius 2 is 2.06 bits per heavy atom. The molecule has 2 aliphatic rings. The molecule has 17 heavy (non-hydrogen) atoms. The lowest BCUT2D eigenvalue weighted by Gasteiger charge is -2.38. The molecule has 1 saturated heterocycles. The van der Waals surface area contributed by atoms with Gasteiger partial charge in [-0.15, -0.1) is 0 Å². The van der Waals surface area contributed by atoms with Gasteiger partial charge in [-0.2, -0.15) is 0 Å². The van der Waals surface area contributed by atoms with E-state index in [4.69, 9.17) is 4.74 Å². The van der Waals surface area contributed by atoms with Gasteiger partial charge in [0.1, 0.15) is 6.10 Å². The molecule has 0 spiro atoms. The summed E-state index contributed by atoms with van der Waals surface area (Å²) in [6.07, 6.45) is 4.05. The highest BCUT2D eigenvalue weighted by atomic mass is 16.5. The first-order chi connectivity index (χ1) is 7.94. The summed E-state index contributed by atoms with van der Waals surface area (Å²) in [6, 6.07) is 0. The minimum absolute atomic E-state index is 0.00593. The van der Waals surface area contributed by atoms with Crippen molar-refractivity contribution in [2.75, 3.05) is 13.1 Å². The first kappa shape index (κ1) is 12.9. The number of hydrogen-bond donors (Lipinski definition) is 1. The van der Waals surface area contributed by atoms with Crippen LogP contribution in [0.3, 0.4) is 0 Å². The zero-order chi connectivity index (χ0) is 12.5. The molecule has 0 aromatic heterocycles. The van der Waals surface area contributed by atoms with E-state index >= 15 is 0 Å². The maximum absolute atomic E-state index is 11.8. The number of nitrogens with one attached hydrogen (secondary N) is 1. The van der Waals surface area contributed by atoms with Crippen molar-refractivity contribution in [1.82, 2.24) is 5.32 Å². The molecule has 0 amide bonds. The van der Waals surface area contributed by atoms with Crippen LogP contribution in [0.4, 0.5) is 0 Å². The summed E-state index contributed by atoms with van der Waals surface area (Å²) in [5, 5.41) is 3.18. The second-order valence-corrected chi connectivity index (χ2v) is 6.75. The summed E-state index contributed by atoms with van der Waals surface area (Å²) >= 11 is 0. The molecule has 1 heterocycles. The van der Waals surface area contributed by atoms with Crippen molar-refractivity contribution < 1.29 is 9.53 Å². The van der Waals surface area contributed by atoms with E-state index < -0.39 is 0 Å². The number of hydrogen-bond acceptors (Lipinski definition) is 3. The van der Waals surface area contributed by atoms with E-state index in [1.807, 2.05) is 0 Å². The van der Waals surface area contributed by atoms with Crippen LogP contribution in [0.1, 0.15) is 46.5 Å². The van der Waals surface area contributed by atoms with Gasteiger partial charge >= 0.3 is 5.97 Å². The Morgan fingerprint density at radius 1 is 1.35 bits per heavy atom. The van der Waals surface area contributed by atoms with Crippen LogP contribution in [0.15, 0.2) is 0 Å². The van der Waals surface area contributed by atoms with Crippen LogP contribution in [0.2, 0.25) is 0 Å². The van der Waals surface area contributed by atoms with Gasteiger partial charge in [-0.25, -0.2) is 0 Å². The summed E-state index contributed by atoms with van der Waals surface area (Å²) in [4.78, 5) is 11.8. The molecule has 3 nitrogen and oxygen atoms in total. The predicted octanol–water partition coefficient (Wildman–Crippen LogP) is 2.35. The van der Waals surface area contributed by atoms with Crippen molar-refractivity contribution in [3.63, 3.8) is 0 Å². The molecule has 0 bridgehead atoms. The minimum atomic E-state index is 0.00593. The second-order valence-electron chi connectivity index (χ2n) is 6.75. The number of rotatable bonds is 3. The van der Waals surface area contributed by atoms with E-state index in [1.165, 1.54) is 6.42 Å². The van der Waals surface area contributed by atoms with Crippen LogP contribution in [0.5, 0.6) is 0 Å². The highest BCUT2D eigenvalue weighted by molar-refractivity contribution is 5.70. The quantitative estimate of drug-likeness (QED) is 0.768. The second kappa shape index (κ2) is 4.97. The van der Waals surface area contributed by atoms with Crippen molar-refractivity contribution in [2.45, 2.75) is 52.6 Å². The fraction of sp³-hybridized carbons (Fsp3) is 0.929. The molecule has 1 aliphatic carbocycles. The summed E-state index contributed by atoms with van der Waals surface area (Å²) < 4.78 is 5.64. The molecule has 1 aliphatic heterocycles. The summed E-state index contributed by atoms with van der Waals surface area (Å²) in [6.45, 7) is 8.76. The van der Waals surface area contributed by atoms with E-state index in [2.05, 4.69) is 26.1 Å². The summed E-state index contributed by atoms with van der Waals surface area (Å²) in [7, 11) is 0. The normalized spacial score (nSPS) is 32.9. The number of ether oxygens (including phenoxy) is 1. The standard InChI is InChI=1S/C14H25NO2/c1-10-4-12(7-14(2,3)6-10)17-13(16)5-11-8-15-9-11/h10-12,15H,4-9H2,1-3H3. The highest BCUT2D eigenvalue weighted by Crippen LogP contribution is 2.39. The monoisotopic (exact) mass is 239 g/mol. The Bertz CT molecular complexity index is 284. The first-order valence-electron chi connectivity index (χ1n) is 6.85. The molecule has 2 rings (SSSR count). The van der Waals surface area contributed by atoms with E-state index in [0.717, 1.165) is 25.9 Å². The van der Waals surface area contributed by atoms with E-state index in [0.29, 0.717) is 23.7 Å². The van der Waals surface area contributed by atoms with Crippen LogP contribution >= 0.6 is 0 Å². The average molecular weight is 239 g/mol. The van der Waals surface area contributed by atoms with Crippen molar-refractivity contribution in [1.29, 1.82) is 0 Å². The lowest BCUT2D eigenvalue weighted by atomic mass is 9.71. The van der Waals surface area contributed by atoms with Crippen LogP contribution in [-0.4, -0.2) is 25.2 Å². The Hall–Kier alpha value is -0.570. The van der Waals surface area contributed by atoms with Gasteiger partial charge in [0.25, 0.3) is 0 Å². The van der Waals surface area contributed by atoms with Gasteiger partial charge in [0.05, 0.1) is 6.42 Å². The fourth-order valence-corrected chi connectivity index (χ4v) is 3.31. The van der Waals surface area contributed by atoms with Gasteiger partial charge in [-0.3, -0.25) is 4.79 Å². The van der Waals surface area contributed by atoms with Gasteiger partial charge in [0, 0.05) is 0 Å². The molecule has 3 heteroatoms. The lowest BCUT2D eigenvalue weighted by Crippen LogP contribution is -2.43. The third kappa shape index (κ3) is 3.70. The zero-order valence-electron chi connectivity index (χ0n) is 11.3. The zero-order valence-corrected chi connectivity index (χ0v) is 11.3. The first-order valence-corrected chi connectivity index (χ1v) is 6.85. The molecular formula is C14H25NO2. The Balaban J connectivity index is 1.78. The van der Waals surface area contributed by atoms with Gasteiger partial charge in [-0.05, 0) is 49.6 Å². The van der Waals surface area contributed by atoms with Crippen molar-refractivity contribution in [2.24, 2.45) is 17.3 Å². The smallest absolute Gasteiger partial charge is 0.306 e. The number of carbonyl (C=O) groups excluding carboxylic acids is 1. The third-order valence-corrected chi connectivity index (χ3v) is 3.97. The maximum atomic E-state index is 11.8. The van der Waals surface area contributed by atoms with Crippen molar-refractivity contribution in [3.8, 4) is 0 Å². The summed E-state index contributed by atoms with van der Waals surface area (Å²) in [5.41, 5.74) is 0.320. The molecule has 2 fully saturated rings. The fourth-order valence-electron chi connectivity index (χ4n) is 3.31. The van der Waals surface area contributed by atoms with Crippen LogP contribution in [0.25, 0.3) is 0 Å².